The summed E-state index contributed by atoms with van der Waals surface area (Å²) in [5.41, 5.74) is 0.414. The first-order chi connectivity index (χ1) is 9.91. The molecule has 2 rings (SSSR count). The minimum absolute atomic E-state index is 0.0113. The van der Waals surface area contributed by atoms with E-state index in [0.717, 1.165) is 5.56 Å². The number of ether oxygens (including phenoxy) is 2. The second-order valence-corrected chi connectivity index (χ2v) is 5.91. The standard InChI is InChI=1S/C16H23NO4/c1-16(2)10-13(18)12-7-6-11(9-14(12)21-16)20-8-4-5-15(19)17-3/h6-7,9,13,18H,4-5,8,10H2,1-3H3,(H,17,19). The molecule has 0 radical (unpaired) electrons. The van der Waals surface area contributed by atoms with Crippen molar-refractivity contribution in [3.63, 3.8) is 0 Å². The molecule has 1 amide bonds. The van der Waals surface area contributed by atoms with Gasteiger partial charge in [-0.3, -0.25) is 4.79 Å². The molecule has 21 heavy (non-hydrogen) atoms. The van der Waals surface area contributed by atoms with Crippen LogP contribution in [0.15, 0.2) is 18.2 Å². The van der Waals surface area contributed by atoms with Gasteiger partial charge in [-0.15, -0.1) is 0 Å². The Kier molecular flexibility index (Phi) is 4.73. The number of amides is 1. The highest BCUT2D eigenvalue weighted by molar-refractivity contribution is 5.75. The van der Waals surface area contributed by atoms with Crippen molar-refractivity contribution < 1.29 is 19.4 Å². The summed E-state index contributed by atoms with van der Waals surface area (Å²) in [5, 5.41) is 12.7. The molecule has 0 bridgehead atoms. The average molecular weight is 293 g/mol. The first-order valence-electron chi connectivity index (χ1n) is 7.26. The highest BCUT2D eigenvalue weighted by atomic mass is 16.5. The summed E-state index contributed by atoms with van der Waals surface area (Å²) in [7, 11) is 1.62. The van der Waals surface area contributed by atoms with E-state index in [2.05, 4.69) is 5.32 Å². The molecule has 0 saturated heterocycles. The van der Waals surface area contributed by atoms with E-state index in [4.69, 9.17) is 9.47 Å². The van der Waals surface area contributed by atoms with Crippen molar-refractivity contribution in [3.05, 3.63) is 23.8 Å². The van der Waals surface area contributed by atoms with Crippen LogP contribution in [0.3, 0.4) is 0 Å². The zero-order chi connectivity index (χ0) is 15.5. The van der Waals surface area contributed by atoms with Crippen LogP contribution in [-0.2, 0) is 4.79 Å². The van der Waals surface area contributed by atoms with Gasteiger partial charge in [-0.1, -0.05) is 0 Å². The Morgan fingerprint density at radius 3 is 3.00 bits per heavy atom. The number of hydrogen-bond donors (Lipinski definition) is 2. The maximum atomic E-state index is 11.1. The van der Waals surface area contributed by atoms with Crippen LogP contribution in [0.5, 0.6) is 11.5 Å². The second kappa shape index (κ2) is 6.35. The van der Waals surface area contributed by atoms with Gasteiger partial charge in [0.2, 0.25) is 5.91 Å². The molecule has 1 heterocycles. The lowest BCUT2D eigenvalue weighted by atomic mass is 9.92. The third kappa shape index (κ3) is 4.11. The van der Waals surface area contributed by atoms with Gasteiger partial charge in [0.05, 0.1) is 12.7 Å². The molecule has 1 unspecified atom stereocenters. The number of carbonyl (C=O) groups excluding carboxylic acids is 1. The summed E-state index contributed by atoms with van der Waals surface area (Å²) in [6.45, 7) is 4.38. The highest BCUT2D eigenvalue weighted by Gasteiger charge is 2.32. The fraction of sp³-hybridized carbons (Fsp3) is 0.562. The van der Waals surface area contributed by atoms with E-state index >= 15 is 0 Å². The van der Waals surface area contributed by atoms with Gasteiger partial charge < -0.3 is 19.9 Å². The summed E-state index contributed by atoms with van der Waals surface area (Å²) in [6, 6.07) is 5.46. The minimum Gasteiger partial charge on any atom is -0.493 e. The number of carbonyl (C=O) groups is 1. The first-order valence-corrected chi connectivity index (χ1v) is 7.26. The average Bonchev–Trinajstić information content (AvgIpc) is 2.41. The van der Waals surface area contributed by atoms with Gasteiger partial charge in [-0.05, 0) is 32.4 Å². The van der Waals surface area contributed by atoms with Gasteiger partial charge >= 0.3 is 0 Å². The van der Waals surface area contributed by atoms with Crippen LogP contribution >= 0.6 is 0 Å². The monoisotopic (exact) mass is 293 g/mol. The summed E-state index contributed by atoms with van der Waals surface area (Å²) < 4.78 is 11.5. The number of benzene rings is 1. The molecule has 116 valence electrons. The topological polar surface area (TPSA) is 67.8 Å². The third-order valence-corrected chi connectivity index (χ3v) is 3.51. The van der Waals surface area contributed by atoms with E-state index in [-0.39, 0.29) is 11.5 Å². The number of fused-ring (bicyclic) bond motifs is 1. The van der Waals surface area contributed by atoms with Crippen LogP contribution in [0.2, 0.25) is 0 Å². The van der Waals surface area contributed by atoms with Crippen molar-refractivity contribution in [3.8, 4) is 11.5 Å². The Balaban J connectivity index is 1.96. The number of nitrogens with one attached hydrogen (secondary N) is 1. The van der Waals surface area contributed by atoms with Crippen molar-refractivity contribution in [2.75, 3.05) is 13.7 Å². The predicted molar refractivity (Wildman–Crippen MR) is 79.5 cm³/mol. The normalized spacial score (nSPS) is 19.3. The molecule has 0 aromatic heterocycles. The van der Waals surface area contributed by atoms with Crippen molar-refractivity contribution in [2.24, 2.45) is 0 Å². The minimum atomic E-state index is -0.508. The summed E-state index contributed by atoms with van der Waals surface area (Å²) >= 11 is 0. The predicted octanol–water partition coefficient (Wildman–Crippen LogP) is 2.19. The summed E-state index contributed by atoms with van der Waals surface area (Å²) in [6.07, 6.45) is 1.17. The van der Waals surface area contributed by atoms with Crippen molar-refractivity contribution in [2.45, 2.75) is 44.8 Å². The number of aliphatic hydroxyl groups excluding tert-OH is 1. The van der Waals surface area contributed by atoms with Crippen LogP contribution in [-0.4, -0.2) is 30.3 Å². The largest absolute Gasteiger partial charge is 0.493 e. The van der Waals surface area contributed by atoms with Gasteiger partial charge in [0.1, 0.15) is 17.1 Å². The van der Waals surface area contributed by atoms with Gasteiger partial charge in [-0.25, -0.2) is 0 Å². The maximum absolute atomic E-state index is 11.1. The highest BCUT2D eigenvalue weighted by Crippen LogP contribution is 2.40. The Morgan fingerprint density at radius 1 is 1.52 bits per heavy atom. The molecule has 0 saturated carbocycles. The number of rotatable bonds is 5. The van der Waals surface area contributed by atoms with Crippen LogP contribution in [0.1, 0.15) is 44.8 Å². The molecule has 0 spiro atoms. The molecule has 2 N–H and O–H groups in total. The second-order valence-electron chi connectivity index (χ2n) is 5.91. The lowest BCUT2D eigenvalue weighted by molar-refractivity contribution is -0.120. The van der Waals surface area contributed by atoms with Gasteiger partial charge in [0.15, 0.2) is 0 Å². The third-order valence-electron chi connectivity index (χ3n) is 3.51. The molecule has 1 aromatic carbocycles. The number of hydrogen-bond acceptors (Lipinski definition) is 4. The fourth-order valence-electron chi connectivity index (χ4n) is 2.43. The zero-order valence-electron chi connectivity index (χ0n) is 12.8. The van der Waals surface area contributed by atoms with E-state index in [1.807, 2.05) is 26.0 Å². The van der Waals surface area contributed by atoms with Crippen molar-refractivity contribution in [1.29, 1.82) is 0 Å². The quantitative estimate of drug-likeness (QED) is 0.817. The van der Waals surface area contributed by atoms with E-state index in [0.29, 0.717) is 37.4 Å². The lowest BCUT2D eigenvalue weighted by Crippen LogP contribution is -2.34. The van der Waals surface area contributed by atoms with Gasteiger partial charge in [0.25, 0.3) is 0 Å². The molecule has 1 aromatic rings. The zero-order valence-corrected chi connectivity index (χ0v) is 12.8. The summed E-state index contributed by atoms with van der Waals surface area (Å²) in [4.78, 5) is 11.1. The van der Waals surface area contributed by atoms with E-state index in [9.17, 15) is 9.90 Å². The molecular weight excluding hydrogens is 270 g/mol. The molecular formula is C16H23NO4. The molecule has 5 nitrogen and oxygen atoms in total. The smallest absolute Gasteiger partial charge is 0.219 e. The first kappa shape index (κ1) is 15.6. The van der Waals surface area contributed by atoms with Crippen LogP contribution < -0.4 is 14.8 Å². The molecule has 1 aliphatic heterocycles. The Hall–Kier alpha value is -1.75. The molecule has 5 heteroatoms. The Morgan fingerprint density at radius 2 is 2.29 bits per heavy atom. The maximum Gasteiger partial charge on any atom is 0.219 e. The van der Waals surface area contributed by atoms with Crippen molar-refractivity contribution in [1.82, 2.24) is 5.32 Å². The van der Waals surface area contributed by atoms with Crippen LogP contribution in [0, 0.1) is 0 Å². The van der Waals surface area contributed by atoms with Gasteiger partial charge in [-0.2, -0.15) is 0 Å². The Bertz CT molecular complexity index is 513. The van der Waals surface area contributed by atoms with Gasteiger partial charge in [0, 0.05) is 31.5 Å². The molecule has 0 aliphatic carbocycles. The van der Waals surface area contributed by atoms with Crippen LogP contribution in [0.25, 0.3) is 0 Å². The van der Waals surface area contributed by atoms with E-state index < -0.39 is 6.10 Å². The lowest BCUT2D eigenvalue weighted by Gasteiger charge is -2.35. The molecule has 1 aliphatic rings. The molecule has 0 fully saturated rings. The Labute approximate surface area is 125 Å². The fourth-order valence-corrected chi connectivity index (χ4v) is 2.43. The van der Waals surface area contributed by atoms with Crippen LogP contribution in [0.4, 0.5) is 0 Å². The summed E-state index contributed by atoms with van der Waals surface area (Å²) in [5.74, 6) is 1.37. The molecule has 1 atom stereocenters. The SMILES string of the molecule is CNC(=O)CCCOc1ccc2c(c1)OC(C)(C)CC2O. The van der Waals surface area contributed by atoms with E-state index in [1.54, 1.807) is 13.1 Å². The number of aliphatic hydroxyl groups is 1. The van der Waals surface area contributed by atoms with Crippen molar-refractivity contribution >= 4 is 5.91 Å². The van der Waals surface area contributed by atoms with E-state index in [1.165, 1.54) is 0 Å².